The van der Waals surface area contributed by atoms with E-state index in [1.165, 1.54) is 89.9 Å². The predicted octanol–water partition coefficient (Wildman–Crippen LogP) is 5.39. The van der Waals surface area contributed by atoms with Gasteiger partial charge >= 0.3 is 0 Å². The Morgan fingerprint density at radius 1 is 0.690 bits per heavy atom. The molecule has 0 unspecified atom stereocenters. The largest absolute Gasteiger partial charge is 0.368 e. The summed E-state index contributed by atoms with van der Waals surface area (Å²) < 4.78 is 6.02. The van der Waals surface area contributed by atoms with Crippen LogP contribution in [-0.4, -0.2) is 35.7 Å². The summed E-state index contributed by atoms with van der Waals surface area (Å²) in [6, 6.07) is 0.703. The molecule has 29 heavy (non-hydrogen) atoms. The zero-order chi connectivity index (χ0) is 20.0. The number of nitrogens with one attached hydrogen (secondary N) is 2. The molecule has 5 saturated carbocycles. The summed E-state index contributed by atoms with van der Waals surface area (Å²) in [6.07, 6.45) is 25.0. The first-order chi connectivity index (χ1) is 14.2. The van der Waals surface area contributed by atoms with Gasteiger partial charge in [0.05, 0.1) is 6.10 Å². The Labute approximate surface area is 178 Å². The predicted molar refractivity (Wildman–Crippen MR) is 118 cm³/mol. The van der Waals surface area contributed by atoms with Crippen molar-refractivity contribution in [3.8, 4) is 0 Å². The molecule has 0 saturated heterocycles. The van der Waals surface area contributed by atoms with E-state index in [1.807, 2.05) is 0 Å². The smallest absolute Gasteiger partial charge is 0.246 e. The van der Waals surface area contributed by atoms with E-state index in [4.69, 9.17) is 4.74 Å². The molecule has 2 N–H and O–H groups in total. The van der Waals surface area contributed by atoms with Crippen LogP contribution in [0.4, 0.5) is 0 Å². The van der Waals surface area contributed by atoms with Crippen LogP contribution < -0.4 is 10.6 Å². The summed E-state index contributed by atoms with van der Waals surface area (Å²) in [7, 11) is 0. The Morgan fingerprint density at radius 2 is 1.17 bits per heavy atom. The number of rotatable bonds is 6. The van der Waals surface area contributed by atoms with Gasteiger partial charge < -0.3 is 15.4 Å². The topological polar surface area (TPSA) is 50.4 Å². The fourth-order valence-corrected chi connectivity index (χ4v) is 6.57. The van der Waals surface area contributed by atoms with Crippen molar-refractivity contribution in [3.63, 3.8) is 0 Å². The van der Waals surface area contributed by atoms with Gasteiger partial charge in [0.1, 0.15) is 6.61 Å². The monoisotopic (exact) mass is 404 g/mol. The molecule has 2 bridgehead atoms. The third kappa shape index (κ3) is 5.97. The summed E-state index contributed by atoms with van der Waals surface area (Å²) in [5, 5.41) is 7.34. The van der Waals surface area contributed by atoms with E-state index in [-0.39, 0.29) is 18.1 Å². The first kappa shape index (κ1) is 21.6. The second kappa shape index (κ2) is 10.1. The lowest BCUT2D eigenvalue weighted by Gasteiger charge is -2.71. The molecule has 5 fully saturated rings. The van der Waals surface area contributed by atoms with Crippen LogP contribution >= 0.6 is 0 Å². The van der Waals surface area contributed by atoms with Crippen LogP contribution in [-0.2, 0) is 9.53 Å². The van der Waals surface area contributed by atoms with Gasteiger partial charge in [-0.15, -0.1) is 0 Å². The number of hydrogen-bond acceptors (Lipinski definition) is 3. The molecule has 0 aromatic carbocycles. The normalized spacial score (nSPS) is 34.9. The standard InChI is InChI=1S/C25H44N2O2/c28-23(17-29-22-15-11-7-3-4-8-12-16-22)27-25-18-24(19-25,20-25)26-21-13-9-5-1-2-6-10-14-21/h21-22,26H,1-20H2,(H,27,28). The van der Waals surface area contributed by atoms with E-state index >= 15 is 0 Å². The van der Waals surface area contributed by atoms with Crippen LogP contribution in [0.2, 0.25) is 0 Å². The van der Waals surface area contributed by atoms with Gasteiger partial charge in [0, 0.05) is 17.1 Å². The van der Waals surface area contributed by atoms with E-state index in [0.717, 1.165) is 32.1 Å². The Hall–Kier alpha value is -0.610. The van der Waals surface area contributed by atoms with Crippen LogP contribution in [0.3, 0.4) is 0 Å². The van der Waals surface area contributed by atoms with E-state index in [9.17, 15) is 4.79 Å². The molecular weight excluding hydrogens is 360 g/mol. The summed E-state index contributed by atoms with van der Waals surface area (Å²) in [6.45, 7) is 0.259. The molecule has 5 aliphatic carbocycles. The first-order valence-corrected chi connectivity index (χ1v) is 12.9. The number of hydrogen-bond donors (Lipinski definition) is 2. The average Bonchev–Trinajstić information content (AvgIpc) is 2.87. The zero-order valence-corrected chi connectivity index (χ0v) is 18.6. The van der Waals surface area contributed by atoms with Gasteiger partial charge in [0.15, 0.2) is 0 Å². The highest BCUT2D eigenvalue weighted by Gasteiger charge is 2.68. The highest BCUT2D eigenvalue weighted by atomic mass is 16.5. The molecule has 0 aliphatic heterocycles. The fourth-order valence-electron chi connectivity index (χ4n) is 6.57. The maximum atomic E-state index is 12.5. The lowest BCUT2D eigenvalue weighted by atomic mass is 9.44. The van der Waals surface area contributed by atoms with Crippen LogP contribution in [0.5, 0.6) is 0 Å². The van der Waals surface area contributed by atoms with E-state index in [2.05, 4.69) is 10.6 Å². The highest BCUT2D eigenvalue weighted by Crippen LogP contribution is 2.60. The Balaban J connectivity index is 1.14. The zero-order valence-electron chi connectivity index (χ0n) is 18.6. The van der Waals surface area contributed by atoms with E-state index in [1.54, 1.807) is 0 Å². The molecule has 4 heteroatoms. The Kier molecular flexibility index (Phi) is 7.55. The van der Waals surface area contributed by atoms with Crippen molar-refractivity contribution in [1.82, 2.24) is 10.6 Å². The molecule has 5 aliphatic rings. The first-order valence-electron chi connectivity index (χ1n) is 12.9. The fraction of sp³-hybridized carbons (Fsp3) is 0.960. The van der Waals surface area contributed by atoms with Crippen molar-refractivity contribution in [3.05, 3.63) is 0 Å². The van der Waals surface area contributed by atoms with Crippen molar-refractivity contribution >= 4 is 5.91 Å². The second-order valence-electron chi connectivity index (χ2n) is 10.8. The average molecular weight is 405 g/mol. The van der Waals surface area contributed by atoms with Crippen LogP contribution in [0, 0.1) is 0 Å². The molecule has 0 aromatic heterocycles. The van der Waals surface area contributed by atoms with Gasteiger partial charge in [0.2, 0.25) is 5.91 Å². The minimum atomic E-state index is 0.0877. The van der Waals surface area contributed by atoms with Gasteiger partial charge in [-0.25, -0.2) is 0 Å². The van der Waals surface area contributed by atoms with Crippen LogP contribution in [0.15, 0.2) is 0 Å². The van der Waals surface area contributed by atoms with Gasteiger partial charge in [-0.2, -0.15) is 0 Å². The molecule has 166 valence electrons. The second-order valence-corrected chi connectivity index (χ2v) is 10.8. The van der Waals surface area contributed by atoms with Crippen molar-refractivity contribution in [2.75, 3.05) is 6.61 Å². The summed E-state index contributed by atoms with van der Waals surface area (Å²) in [5.41, 5.74) is 0.426. The SMILES string of the molecule is O=C(COC1CCCCCCCC1)NC12CC(NC3CCCCCCCC3)(C1)C2. The van der Waals surface area contributed by atoms with Gasteiger partial charge in [0.25, 0.3) is 0 Å². The molecule has 0 radical (unpaired) electrons. The molecule has 0 spiro atoms. The summed E-state index contributed by atoms with van der Waals surface area (Å²) >= 11 is 0. The molecule has 0 aromatic rings. The number of amides is 1. The third-order valence-electron chi connectivity index (χ3n) is 8.05. The minimum absolute atomic E-state index is 0.0877. The molecule has 5 rings (SSSR count). The van der Waals surface area contributed by atoms with Crippen molar-refractivity contribution in [1.29, 1.82) is 0 Å². The van der Waals surface area contributed by atoms with Crippen molar-refractivity contribution in [2.45, 2.75) is 145 Å². The highest BCUT2D eigenvalue weighted by molar-refractivity contribution is 5.79. The summed E-state index contributed by atoms with van der Waals surface area (Å²) in [5.74, 6) is 0.112. The van der Waals surface area contributed by atoms with E-state index < -0.39 is 0 Å². The van der Waals surface area contributed by atoms with Gasteiger partial charge in [-0.05, 0) is 44.9 Å². The van der Waals surface area contributed by atoms with Crippen molar-refractivity contribution < 1.29 is 9.53 Å². The maximum Gasteiger partial charge on any atom is 0.246 e. The maximum absolute atomic E-state index is 12.5. The van der Waals surface area contributed by atoms with Gasteiger partial charge in [-0.3, -0.25) is 4.79 Å². The molecule has 1 amide bonds. The number of carbonyl (C=O) groups is 1. The number of carbonyl (C=O) groups excluding carboxylic acids is 1. The number of ether oxygens (including phenoxy) is 1. The van der Waals surface area contributed by atoms with E-state index in [0.29, 0.717) is 17.7 Å². The summed E-state index contributed by atoms with van der Waals surface area (Å²) in [4.78, 5) is 12.5. The van der Waals surface area contributed by atoms with Crippen LogP contribution in [0.1, 0.15) is 122 Å². The molecular formula is C25H44N2O2. The Morgan fingerprint density at radius 3 is 1.72 bits per heavy atom. The quantitative estimate of drug-likeness (QED) is 0.624. The Bertz CT molecular complexity index is 495. The molecule has 4 nitrogen and oxygen atoms in total. The molecule has 0 heterocycles. The van der Waals surface area contributed by atoms with Crippen LogP contribution in [0.25, 0.3) is 0 Å². The van der Waals surface area contributed by atoms with Gasteiger partial charge in [-0.1, -0.05) is 77.0 Å². The lowest BCUT2D eigenvalue weighted by molar-refractivity contribution is -0.149. The lowest BCUT2D eigenvalue weighted by Crippen LogP contribution is -2.84. The third-order valence-corrected chi connectivity index (χ3v) is 8.05. The minimum Gasteiger partial charge on any atom is -0.368 e. The molecule has 0 atom stereocenters. The van der Waals surface area contributed by atoms with Crippen molar-refractivity contribution in [2.24, 2.45) is 0 Å².